The molecular weight excluding hydrogens is 592 g/mol. The summed E-state index contributed by atoms with van der Waals surface area (Å²) in [6, 6.07) is 27.2. The van der Waals surface area contributed by atoms with Gasteiger partial charge in [0, 0.05) is 33.6 Å². The van der Waals surface area contributed by atoms with Crippen LogP contribution in [0, 0.1) is 5.41 Å². The number of nitrogens with two attached hydrogens (primary N) is 1. The quantitative estimate of drug-likeness (QED) is 0.0691. The maximum atomic E-state index is 13.9. The van der Waals surface area contributed by atoms with E-state index >= 15 is 0 Å². The number of ketones is 1. The lowest BCUT2D eigenvalue weighted by molar-refractivity contribution is -0.277. The molecule has 1 amide bonds. The first-order valence-electron chi connectivity index (χ1n) is 14.4. The summed E-state index contributed by atoms with van der Waals surface area (Å²) in [5, 5.41) is 54.4. The van der Waals surface area contributed by atoms with E-state index in [9.17, 15) is 30.0 Å². The Kier molecular flexibility index (Phi) is 10.1. The van der Waals surface area contributed by atoms with Crippen LogP contribution in [0.2, 0.25) is 0 Å². The number of aliphatic hydroxyl groups excluding tert-OH is 4. The summed E-state index contributed by atoms with van der Waals surface area (Å²) in [5.74, 6) is -0.755. The van der Waals surface area contributed by atoms with Crippen LogP contribution in [-0.2, 0) is 9.53 Å². The fraction of sp³-hybridized carbons (Fsp3) is 0.206. The Hall–Kier alpha value is -5.11. The molecule has 6 atom stereocenters. The van der Waals surface area contributed by atoms with E-state index in [0.717, 1.165) is 0 Å². The molecule has 0 saturated carbocycles. The third kappa shape index (κ3) is 7.23. The van der Waals surface area contributed by atoms with Gasteiger partial charge in [-0.25, -0.2) is 0 Å². The molecule has 0 radical (unpaired) electrons. The van der Waals surface area contributed by atoms with Gasteiger partial charge in [0.15, 0.2) is 5.78 Å². The summed E-state index contributed by atoms with van der Waals surface area (Å²) in [4.78, 5) is 26.8. The Morgan fingerprint density at radius 1 is 0.804 bits per heavy atom. The maximum absolute atomic E-state index is 13.9. The lowest BCUT2D eigenvalue weighted by Gasteiger charge is -2.39. The standard InChI is InChI=1S/C34H34N4O8/c35-32(36)21-9-6-10-23(17-21)37-27(33(44)38-22-15-13-20(14-16-22)28(40)19-7-2-1-3-8-19)24-11-4-5-12-25(24)45-34-31(43)30(42)29(41)26(18-39)46-34/h1-17,26-27,29-31,34,37,39,41-43H,18H2,(H3,35,36)(H,38,44). The van der Waals surface area contributed by atoms with Crippen molar-refractivity contribution in [3.8, 4) is 5.75 Å². The molecule has 0 aliphatic carbocycles. The van der Waals surface area contributed by atoms with Gasteiger partial charge in [-0.05, 0) is 42.5 Å². The van der Waals surface area contributed by atoms with Gasteiger partial charge >= 0.3 is 0 Å². The lowest BCUT2D eigenvalue weighted by atomic mass is 9.99. The molecule has 12 nitrogen and oxygen atoms in total. The van der Waals surface area contributed by atoms with Crippen molar-refractivity contribution in [1.82, 2.24) is 0 Å². The summed E-state index contributed by atoms with van der Waals surface area (Å²) in [6.45, 7) is -0.638. The maximum Gasteiger partial charge on any atom is 0.251 e. The fourth-order valence-electron chi connectivity index (χ4n) is 5.02. The molecule has 0 aromatic heterocycles. The number of benzene rings is 4. The summed E-state index contributed by atoms with van der Waals surface area (Å²) in [5.41, 5.74) is 8.26. The number of ether oxygens (including phenoxy) is 2. The predicted molar refractivity (Wildman–Crippen MR) is 170 cm³/mol. The van der Waals surface area contributed by atoms with Crippen LogP contribution in [0.1, 0.15) is 33.1 Å². The Morgan fingerprint density at radius 3 is 2.15 bits per heavy atom. The normalized spacial score (nSPS) is 21.5. The zero-order chi connectivity index (χ0) is 32.8. The number of nitrogen functional groups attached to an aromatic ring is 1. The first-order chi connectivity index (χ1) is 22.2. The molecule has 1 fully saturated rings. The van der Waals surface area contributed by atoms with Gasteiger partial charge in [0.1, 0.15) is 42.0 Å². The number of anilines is 2. The molecule has 9 N–H and O–H groups in total. The number of rotatable bonds is 11. The molecule has 0 spiro atoms. The Labute approximate surface area is 264 Å². The van der Waals surface area contributed by atoms with Crippen LogP contribution in [0.4, 0.5) is 11.4 Å². The summed E-state index contributed by atoms with van der Waals surface area (Å²) < 4.78 is 11.5. The number of amides is 1. The minimum absolute atomic E-state index is 0.103. The van der Waals surface area contributed by atoms with Crippen molar-refractivity contribution in [2.45, 2.75) is 36.7 Å². The smallest absolute Gasteiger partial charge is 0.251 e. The second kappa shape index (κ2) is 14.3. The Balaban J connectivity index is 1.44. The van der Waals surface area contributed by atoms with Crippen LogP contribution >= 0.6 is 0 Å². The molecule has 4 aromatic rings. The summed E-state index contributed by atoms with van der Waals surface area (Å²) >= 11 is 0. The largest absolute Gasteiger partial charge is 0.462 e. The van der Waals surface area contributed by atoms with E-state index in [2.05, 4.69) is 10.6 Å². The molecule has 6 unspecified atom stereocenters. The van der Waals surface area contributed by atoms with Crippen LogP contribution < -0.4 is 21.1 Å². The van der Waals surface area contributed by atoms with Gasteiger partial charge in [0.25, 0.3) is 5.91 Å². The number of carbonyl (C=O) groups excluding carboxylic acids is 2. The van der Waals surface area contributed by atoms with Crippen LogP contribution in [-0.4, -0.2) is 75.3 Å². The highest BCUT2D eigenvalue weighted by molar-refractivity contribution is 6.09. The number of amidine groups is 1. The van der Waals surface area contributed by atoms with E-state index in [1.807, 2.05) is 6.07 Å². The van der Waals surface area contributed by atoms with Crippen molar-refractivity contribution in [3.05, 3.63) is 125 Å². The predicted octanol–water partition coefficient (Wildman–Crippen LogP) is 2.17. The van der Waals surface area contributed by atoms with Gasteiger partial charge in [-0.15, -0.1) is 0 Å². The highest BCUT2D eigenvalue weighted by Crippen LogP contribution is 2.33. The van der Waals surface area contributed by atoms with Crippen LogP contribution in [0.15, 0.2) is 103 Å². The highest BCUT2D eigenvalue weighted by atomic mass is 16.7. The number of hydrogen-bond acceptors (Lipinski definition) is 10. The van der Waals surface area contributed by atoms with E-state index < -0.39 is 49.3 Å². The molecule has 1 saturated heterocycles. The van der Waals surface area contributed by atoms with Gasteiger partial charge in [-0.1, -0.05) is 60.7 Å². The zero-order valence-electron chi connectivity index (χ0n) is 24.5. The van der Waals surface area contributed by atoms with Crippen LogP contribution in [0.25, 0.3) is 0 Å². The van der Waals surface area contributed by atoms with E-state index in [1.54, 1.807) is 91.0 Å². The van der Waals surface area contributed by atoms with Crippen molar-refractivity contribution in [1.29, 1.82) is 5.41 Å². The minimum atomic E-state index is -1.67. The number of hydrogen-bond donors (Lipinski definition) is 8. The number of nitrogens with one attached hydrogen (secondary N) is 3. The molecule has 1 aliphatic rings. The van der Waals surface area contributed by atoms with Gasteiger partial charge in [-0.3, -0.25) is 15.0 Å². The third-order valence-electron chi connectivity index (χ3n) is 7.52. The molecular formula is C34H34N4O8. The van der Waals surface area contributed by atoms with Gasteiger partial charge in [0.05, 0.1) is 6.61 Å². The van der Waals surface area contributed by atoms with Crippen molar-refractivity contribution in [2.24, 2.45) is 5.73 Å². The molecule has 0 bridgehead atoms. The molecule has 1 aliphatic heterocycles. The second-order valence-electron chi connectivity index (χ2n) is 10.7. The van der Waals surface area contributed by atoms with E-state index in [0.29, 0.717) is 33.6 Å². The van der Waals surface area contributed by atoms with Crippen molar-refractivity contribution in [2.75, 3.05) is 17.2 Å². The lowest BCUT2D eigenvalue weighted by Crippen LogP contribution is -2.60. The number of para-hydroxylation sites is 1. The fourth-order valence-corrected chi connectivity index (χ4v) is 5.02. The van der Waals surface area contributed by atoms with Gasteiger partial charge in [-0.2, -0.15) is 0 Å². The van der Waals surface area contributed by atoms with Crippen LogP contribution in [0.5, 0.6) is 5.75 Å². The highest BCUT2D eigenvalue weighted by Gasteiger charge is 2.45. The summed E-state index contributed by atoms with van der Waals surface area (Å²) in [6.07, 6.45) is -7.59. The molecule has 1 heterocycles. The minimum Gasteiger partial charge on any atom is -0.462 e. The Bertz CT molecular complexity index is 1680. The second-order valence-corrected chi connectivity index (χ2v) is 10.7. The molecule has 12 heteroatoms. The van der Waals surface area contributed by atoms with Crippen molar-refractivity contribution < 1.29 is 39.5 Å². The molecule has 46 heavy (non-hydrogen) atoms. The zero-order valence-corrected chi connectivity index (χ0v) is 24.5. The summed E-state index contributed by atoms with van der Waals surface area (Å²) in [7, 11) is 0. The topological polar surface area (TPSA) is 207 Å². The van der Waals surface area contributed by atoms with E-state index in [1.165, 1.54) is 6.07 Å². The number of aliphatic hydroxyl groups is 4. The van der Waals surface area contributed by atoms with E-state index in [4.69, 9.17) is 20.6 Å². The SMILES string of the molecule is N=C(N)c1cccc(NC(C(=O)Nc2ccc(C(=O)c3ccccc3)cc2)c2ccccc2OC2OC(CO)C(O)C(O)C2O)c1. The average molecular weight is 627 g/mol. The third-order valence-corrected chi connectivity index (χ3v) is 7.52. The van der Waals surface area contributed by atoms with Crippen molar-refractivity contribution >= 4 is 28.9 Å². The van der Waals surface area contributed by atoms with Crippen LogP contribution in [0.3, 0.4) is 0 Å². The molecule has 5 rings (SSSR count). The Morgan fingerprint density at radius 2 is 1.46 bits per heavy atom. The van der Waals surface area contributed by atoms with E-state index in [-0.39, 0.29) is 17.4 Å². The van der Waals surface area contributed by atoms with Crippen molar-refractivity contribution in [3.63, 3.8) is 0 Å². The first kappa shape index (κ1) is 32.3. The molecule has 238 valence electrons. The molecule has 4 aromatic carbocycles. The van der Waals surface area contributed by atoms with Gasteiger partial charge < -0.3 is 46.3 Å². The number of carbonyl (C=O) groups is 2. The monoisotopic (exact) mass is 626 g/mol. The van der Waals surface area contributed by atoms with Gasteiger partial charge in [0.2, 0.25) is 6.29 Å². The first-order valence-corrected chi connectivity index (χ1v) is 14.4. The average Bonchev–Trinajstić information content (AvgIpc) is 3.08.